The number of aliphatic hydroxyl groups is 1. The van der Waals surface area contributed by atoms with Gasteiger partial charge in [0, 0.05) is 6.07 Å². The second-order valence-electron chi connectivity index (χ2n) is 2.69. The Bertz CT molecular complexity index is 353. The summed E-state index contributed by atoms with van der Waals surface area (Å²) < 4.78 is 52.2. The van der Waals surface area contributed by atoms with Crippen LogP contribution in [0.2, 0.25) is 0 Å². The molecule has 1 atom stereocenters. The number of alkyl halides is 3. The van der Waals surface area contributed by atoms with Crippen molar-refractivity contribution >= 4 is 5.69 Å². The number of aliphatic hydroxyl groups excluding tert-OH is 1. The third-order valence-corrected chi connectivity index (χ3v) is 1.49. The van der Waals surface area contributed by atoms with E-state index < -0.39 is 24.0 Å². The molecule has 0 aliphatic rings. The first-order chi connectivity index (χ1) is 6.80. The van der Waals surface area contributed by atoms with Gasteiger partial charge in [-0.25, -0.2) is 4.39 Å². The summed E-state index contributed by atoms with van der Waals surface area (Å²) in [6.45, 7) is 0. The maximum Gasteiger partial charge on any atom is 0.452 e. The van der Waals surface area contributed by atoms with Crippen LogP contribution in [0.15, 0.2) is 18.2 Å². The van der Waals surface area contributed by atoms with Crippen LogP contribution in [-0.4, -0.2) is 17.6 Å². The van der Waals surface area contributed by atoms with E-state index in [4.69, 9.17) is 10.8 Å². The van der Waals surface area contributed by atoms with Gasteiger partial charge in [-0.15, -0.1) is 0 Å². The molecule has 0 saturated heterocycles. The minimum absolute atomic E-state index is 0.195. The van der Waals surface area contributed by atoms with Crippen molar-refractivity contribution in [3.8, 4) is 5.75 Å². The Balaban J connectivity index is 2.85. The lowest BCUT2D eigenvalue weighted by Crippen LogP contribution is -2.34. The number of ether oxygens (including phenoxy) is 1. The molecule has 84 valence electrons. The molecule has 1 unspecified atom stereocenters. The zero-order chi connectivity index (χ0) is 11.6. The lowest BCUT2D eigenvalue weighted by Gasteiger charge is -2.17. The number of nitrogen functional groups attached to an aromatic ring is 1. The molecule has 0 bridgehead atoms. The third-order valence-electron chi connectivity index (χ3n) is 1.49. The molecule has 0 aromatic heterocycles. The van der Waals surface area contributed by atoms with Gasteiger partial charge in [0.2, 0.25) is 0 Å². The number of anilines is 1. The number of hydrogen-bond donors (Lipinski definition) is 2. The van der Waals surface area contributed by atoms with Gasteiger partial charge < -0.3 is 15.6 Å². The van der Waals surface area contributed by atoms with Crippen molar-refractivity contribution in [3.63, 3.8) is 0 Å². The first-order valence-corrected chi connectivity index (χ1v) is 3.77. The van der Waals surface area contributed by atoms with Crippen molar-refractivity contribution < 1.29 is 27.4 Å². The predicted octanol–water partition coefficient (Wildman–Crippen LogP) is 1.67. The monoisotopic (exact) mass is 225 g/mol. The molecular weight excluding hydrogens is 218 g/mol. The van der Waals surface area contributed by atoms with Crippen molar-refractivity contribution in [2.24, 2.45) is 0 Å². The fraction of sp³-hybridized carbons (Fsp3) is 0.250. The van der Waals surface area contributed by atoms with Crippen molar-refractivity contribution in [1.29, 1.82) is 0 Å². The lowest BCUT2D eigenvalue weighted by atomic mass is 10.3. The normalized spacial score (nSPS) is 13.7. The maximum atomic E-state index is 12.6. The van der Waals surface area contributed by atoms with E-state index in [1.165, 1.54) is 0 Å². The van der Waals surface area contributed by atoms with Gasteiger partial charge in [-0.05, 0) is 12.1 Å². The number of nitrogens with two attached hydrogens (primary N) is 1. The molecule has 1 aromatic carbocycles. The highest BCUT2D eigenvalue weighted by molar-refractivity contribution is 5.52. The van der Waals surface area contributed by atoms with Crippen molar-refractivity contribution in [3.05, 3.63) is 24.0 Å². The van der Waals surface area contributed by atoms with E-state index in [2.05, 4.69) is 4.74 Å². The van der Waals surface area contributed by atoms with Gasteiger partial charge in [0.15, 0.2) is 0 Å². The highest BCUT2D eigenvalue weighted by atomic mass is 19.4. The van der Waals surface area contributed by atoms with Crippen LogP contribution < -0.4 is 10.5 Å². The highest BCUT2D eigenvalue weighted by Gasteiger charge is 2.40. The maximum absolute atomic E-state index is 12.6. The van der Waals surface area contributed by atoms with Gasteiger partial charge in [0.1, 0.15) is 11.6 Å². The van der Waals surface area contributed by atoms with Gasteiger partial charge in [-0.1, -0.05) is 0 Å². The van der Waals surface area contributed by atoms with E-state index in [-0.39, 0.29) is 5.69 Å². The summed E-state index contributed by atoms with van der Waals surface area (Å²) >= 11 is 0. The number of hydrogen-bond acceptors (Lipinski definition) is 3. The van der Waals surface area contributed by atoms with Gasteiger partial charge in [-0.2, -0.15) is 13.2 Å². The number of rotatable bonds is 2. The van der Waals surface area contributed by atoms with Gasteiger partial charge in [-0.3, -0.25) is 0 Å². The SMILES string of the molecule is Nc1ccc(F)cc1OC(O)C(F)(F)F. The molecular formula is C8H7F4NO2. The lowest BCUT2D eigenvalue weighted by molar-refractivity contribution is -0.264. The van der Waals surface area contributed by atoms with Crippen molar-refractivity contribution in [2.45, 2.75) is 12.5 Å². The number of benzene rings is 1. The van der Waals surface area contributed by atoms with Crippen LogP contribution in [-0.2, 0) is 0 Å². The Hall–Kier alpha value is -1.50. The van der Waals surface area contributed by atoms with Crippen molar-refractivity contribution in [2.75, 3.05) is 5.73 Å². The van der Waals surface area contributed by atoms with Crippen LogP contribution in [0.1, 0.15) is 0 Å². The molecule has 0 radical (unpaired) electrons. The van der Waals surface area contributed by atoms with E-state index in [0.717, 1.165) is 12.1 Å². The molecule has 7 heteroatoms. The Kier molecular flexibility index (Phi) is 3.04. The molecule has 0 fully saturated rings. The molecule has 1 aromatic rings. The molecule has 0 saturated carbocycles. The van der Waals surface area contributed by atoms with E-state index in [9.17, 15) is 17.6 Å². The summed E-state index contributed by atoms with van der Waals surface area (Å²) in [5, 5.41) is 8.53. The fourth-order valence-electron chi connectivity index (χ4n) is 0.797. The Morgan fingerprint density at radius 1 is 1.33 bits per heavy atom. The van der Waals surface area contributed by atoms with E-state index in [1.54, 1.807) is 0 Å². The quantitative estimate of drug-likeness (QED) is 0.457. The summed E-state index contributed by atoms with van der Waals surface area (Å²) in [6, 6.07) is 2.65. The standard InChI is InChI=1S/C8H7F4NO2/c9-4-1-2-5(13)6(3-4)15-7(14)8(10,11)12/h1-3,7,14H,13H2. The second kappa shape index (κ2) is 3.93. The zero-order valence-electron chi connectivity index (χ0n) is 7.25. The molecule has 3 nitrogen and oxygen atoms in total. The second-order valence-corrected chi connectivity index (χ2v) is 2.69. The molecule has 0 spiro atoms. The molecule has 1 rings (SSSR count). The summed E-state index contributed by atoms with van der Waals surface area (Å²) in [5.41, 5.74) is 5.02. The minimum Gasteiger partial charge on any atom is -0.453 e. The van der Waals surface area contributed by atoms with Gasteiger partial charge in [0.25, 0.3) is 6.29 Å². The summed E-state index contributed by atoms with van der Waals surface area (Å²) in [6.07, 6.45) is -7.97. The largest absolute Gasteiger partial charge is 0.453 e. The van der Waals surface area contributed by atoms with Crippen LogP contribution in [0.25, 0.3) is 0 Å². The summed E-state index contributed by atoms with van der Waals surface area (Å²) in [7, 11) is 0. The van der Waals surface area contributed by atoms with Crippen LogP contribution >= 0.6 is 0 Å². The van der Waals surface area contributed by atoms with E-state index in [0.29, 0.717) is 6.07 Å². The topological polar surface area (TPSA) is 55.5 Å². The third kappa shape index (κ3) is 2.98. The van der Waals surface area contributed by atoms with Gasteiger partial charge >= 0.3 is 6.18 Å². The van der Waals surface area contributed by atoms with Crippen LogP contribution in [0, 0.1) is 5.82 Å². The summed E-state index contributed by atoms with van der Waals surface area (Å²) in [4.78, 5) is 0. The average Bonchev–Trinajstić information content (AvgIpc) is 2.09. The Morgan fingerprint density at radius 3 is 2.47 bits per heavy atom. The molecule has 0 aliphatic heterocycles. The zero-order valence-corrected chi connectivity index (χ0v) is 7.25. The molecule has 15 heavy (non-hydrogen) atoms. The Labute approximate surface area is 82.1 Å². The number of halogens is 4. The fourth-order valence-corrected chi connectivity index (χ4v) is 0.797. The average molecular weight is 225 g/mol. The van der Waals surface area contributed by atoms with Crippen LogP contribution in [0.5, 0.6) is 5.75 Å². The van der Waals surface area contributed by atoms with Crippen LogP contribution in [0.3, 0.4) is 0 Å². The predicted molar refractivity (Wildman–Crippen MR) is 43.5 cm³/mol. The first-order valence-electron chi connectivity index (χ1n) is 3.77. The highest BCUT2D eigenvalue weighted by Crippen LogP contribution is 2.27. The van der Waals surface area contributed by atoms with Crippen molar-refractivity contribution in [1.82, 2.24) is 0 Å². The first kappa shape index (κ1) is 11.6. The summed E-state index contributed by atoms with van der Waals surface area (Å²) in [5.74, 6) is -1.37. The molecule has 3 N–H and O–H groups in total. The van der Waals surface area contributed by atoms with E-state index in [1.807, 2.05) is 0 Å². The molecule has 0 heterocycles. The smallest absolute Gasteiger partial charge is 0.452 e. The van der Waals surface area contributed by atoms with E-state index >= 15 is 0 Å². The minimum atomic E-state index is -4.95. The Morgan fingerprint density at radius 2 is 1.93 bits per heavy atom. The van der Waals surface area contributed by atoms with Gasteiger partial charge in [0.05, 0.1) is 5.69 Å². The molecule has 0 amide bonds. The molecule has 0 aliphatic carbocycles. The van der Waals surface area contributed by atoms with Crippen LogP contribution in [0.4, 0.5) is 23.2 Å².